The van der Waals surface area contributed by atoms with Gasteiger partial charge in [-0.15, -0.1) is 0 Å². The minimum atomic E-state index is 0.270. The van der Waals surface area contributed by atoms with Gasteiger partial charge in [-0.1, -0.05) is 0 Å². The van der Waals surface area contributed by atoms with Gasteiger partial charge in [0.15, 0.2) is 5.76 Å². The van der Waals surface area contributed by atoms with Crippen molar-refractivity contribution in [2.24, 2.45) is 0 Å². The van der Waals surface area contributed by atoms with Crippen molar-refractivity contribution < 1.29 is 4.42 Å². The Balaban J connectivity index is 2.47. The van der Waals surface area contributed by atoms with Gasteiger partial charge in [-0.25, -0.2) is 9.97 Å². The summed E-state index contributed by atoms with van der Waals surface area (Å²) in [7, 11) is 0. The second-order valence-electron chi connectivity index (χ2n) is 3.01. The number of aromatic nitrogens is 2. The molecule has 2 aromatic heterocycles. The molecule has 0 fully saturated rings. The zero-order chi connectivity index (χ0) is 10.7. The van der Waals surface area contributed by atoms with Crippen LogP contribution in [-0.2, 0) is 5.75 Å². The lowest BCUT2D eigenvalue weighted by Crippen LogP contribution is -1.99. The predicted molar refractivity (Wildman–Crippen MR) is 61.4 cm³/mol. The number of furan rings is 1. The highest BCUT2D eigenvalue weighted by Gasteiger charge is 2.10. The van der Waals surface area contributed by atoms with Crippen molar-refractivity contribution in [3.8, 4) is 11.5 Å². The number of anilines is 1. The van der Waals surface area contributed by atoms with Gasteiger partial charge in [-0.2, -0.15) is 11.8 Å². The lowest BCUT2D eigenvalue weighted by molar-refractivity contribution is 0.579. The van der Waals surface area contributed by atoms with Crippen LogP contribution < -0.4 is 5.73 Å². The molecule has 0 radical (unpaired) electrons. The summed E-state index contributed by atoms with van der Waals surface area (Å²) in [6.45, 7) is 0. The van der Waals surface area contributed by atoms with Gasteiger partial charge in [-0.3, -0.25) is 0 Å². The summed E-state index contributed by atoms with van der Waals surface area (Å²) in [6.07, 6.45) is 5.40. The maximum absolute atomic E-state index is 5.56. The Kier molecular flexibility index (Phi) is 2.91. The second-order valence-corrected chi connectivity index (χ2v) is 3.88. The van der Waals surface area contributed by atoms with Gasteiger partial charge in [0.25, 0.3) is 0 Å². The average molecular weight is 221 g/mol. The summed E-state index contributed by atoms with van der Waals surface area (Å²) in [5, 5.41) is 0. The molecule has 0 aliphatic heterocycles. The van der Waals surface area contributed by atoms with E-state index >= 15 is 0 Å². The van der Waals surface area contributed by atoms with Gasteiger partial charge in [0, 0.05) is 17.5 Å². The molecule has 4 nitrogen and oxygen atoms in total. The van der Waals surface area contributed by atoms with Crippen molar-refractivity contribution in [2.45, 2.75) is 5.75 Å². The van der Waals surface area contributed by atoms with Crippen molar-refractivity contribution in [3.05, 3.63) is 30.2 Å². The van der Waals surface area contributed by atoms with Crippen molar-refractivity contribution in [1.29, 1.82) is 0 Å². The number of hydrogen-bond donors (Lipinski definition) is 1. The van der Waals surface area contributed by atoms with Crippen LogP contribution in [0.1, 0.15) is 5.56 Å². The molecule has 0 bridgehead atoms. The molecule has 78 valence electrons. The maximum Gasteiger partial charge on any atom is 0.220 e. The highest BCUT2D eigenvalue weighted by atomic mass is 32.2. The summed E-state index contributed by atoms with van der Waals surface area (Å²) in [6, 6.07) is 3.70. The van der Waals surface area contributed by atoms with Crippen LogP contribution in [0.25, 0.3) is 11.5 Å². The Bertz CT molecular complexity index is 442. The average Bonchev–Trinajstić information content (AvgIpc) is 2.74. The molecule has 0 aliphatic carbocycles. The quantitative estimate of drug-likeness (QED) is 0.860. The predicted octanol–water partition coefficient (Wildman–Crippen LogP) is 2.18. The summed E-state index contributed by atoms with van der Waals surface area (Å²) < 4.78 is 5.31. The topological polar surface area (TPSA) is 64.9 Å². The van der Waals surface area contributed by atoms with E-state index in [-0.39, 0.29) is 5.95 Å². The molecule has 0 atom stereocenters. The Morgan fingerprint density at radius 2 is 2.40 bits per heavy atom. The Hall–Kier alpha value is -1.49. The van der Waals surface area contributed by atoms with Crippen molar-refractivity contribution in [1.82, 2.24) is 9.97 Å². The van der Waals surface area contributed by atoms with E-state index in [1.165, 1.54) is 0 Å². The molecule has 2 aromatic rings. The molecule has 0 amide bonds. The zero-order valence-electron chi connectivity index (χ0n) is 8.30. The van der Waals surface area contributed by atoms with E-state index in [2.05, 4.69) is 9.97 Å². The highest BCUT2D eigenvalue weighted by Crippen LogP contribution is 2.24. The highest BCUT2D eigenvalue weighted by molar-refractivity contribution is 7.97. The minimum absolute atomic E-state index is 0.270. The molecule has 0 unspecified atom stereocenters. The molecule has 0 aliphatic rings. The first-order valence-corrected chi connectivity index (χ1v) is 5.85. The van der Waals surface area contributed by atoms with E-state index < -0.39 is 0 Å². The van der Waals surface area contributed by atoms with E-state index in [0.29, 0.717) is 0 Å². The monoisotopic (exact) mass is 221 g/mol. The molecule has 0 spiro atoms. The normalized spacial score (nSPS) is 10.5. The van der Waals surface area contributed by atoms with Crippen molar-refractivity contribution in [2.75, 3.05) is 12.0 Å². The first-order chi connectivity index (χ1) is 7.31. The number of hydrogen-bond acceptors (Lipinski definition) is 5. The van der Waals surface area contributed by atoms with Crippen LogP contribution in [0.5, 0.6) is 0 Å². The maximum atomic E-state index is 5.56. The first-order valence-electron chi connectivity index (χ1n) is 4.45. The molecular weight excluding hydrogens is 210 g/mol. The van der Waals surface area contributed by atoms with Crippen LogP contribution >= 0.6 is 11.8 Å². The third-order valence-corrected chi connectivity index (χ3v) is 2.54. The summed E-state index contributed by atoms with van der Waals surface area (Å²) in [5.74, 6) is 1.84. The molecular formula is C10H11N3OS. The van der Waals surface area contributed by atoms with E-state index in [9.17, 15) is 0 Å². The largest absolute Gasteiger partial charge is 0.463 e. The SMILES string of the molecule is CSCc1cnc(N)nc1-c1ccco1. The molecule has 2 N–H and O–H groups in total. The molecule has 5 heteroatoms. The standard InChI is InChI=1S/C10H11N3OS/c1-15-6-7-5-12-10(11)13-9(7)8-3-2-4-14-8/h2-5H,6H2,1H3,(H2,11,12,13). The third-order valence-electron chi connectivity index (χ3n) is 1.94. The molecule has 0 saturated carbocycles. The van der Waals surface area contributed by atoms with Gasteiger partial charge in [0.05, 0.1) is 6.26 Å². The Labute approximate surface area is 91.9 Å². The van der Waals surface area contributed by atoms with Gasteiger partial charge in [-0.05, 0) is 18.4 Å². The Morgan fingerprint density at radius 3 is 3.07 bits per heavy atom. The lowest BCUT2D eigenvalue weighted by atomic mass is 10.2. The number of nitrogens with zero attached hydrogens (tertiary/aromatic N) is 2. The lowest BCUT2D eigenvalue weighted by Gasteiger charge is -2.04. The fraction of sp³-hybridized carbons (Fsp3) is 0.200. The van der Waals surface area contributed by atoms with Gasteiger partial charge >= 0.3 is 0 Å². The molecule has 2 rings (SSSR count). The smallest absolute Gasteiger partial charge is 0.220 e. The second kappa shape index (κ2) is 4.35. The number of nitrogen functional groups attached to an aromatic ring is 1. The zero-order valence-corrected chi connectivity index (χ0v) is 9.12. The van der Waals surface area contributed by atoms with Crippen molar-refractivity contribution in [3.63, 3.8) is 0 Å². The third kappa shape index (κ3) is 2.12. The van der Waals surface area contributed by atoms with Crippen LogP contribution in [-0.4, -0.2) is 16.2 Å². The van der Waals surface area contributed by atoms with E-state index in [1.54, 1.807) is 24.2 Å². The van der Waals surface area contributed by atoms with Crippen molar-refractivity contribution >= 4 is 17.7 Å². The Morgan fingerprint density at radius 1 is 1.53 bits per heavy atom. The van der Waals surface area contributed by atoms with Crippen LogP contribution in [0.2, 0.25) is 0 Å². The van der Waals surface area contributed by atoms with Gasteiger partial charge in [0.1, 0.15) is 5.69 Å². The van der Waals surface area contributed by atoms with Crippen LogP contribution in [0, 0.1) is 0 Å². The van der Waals surface area contributed by atoms with Crippen LogP contribution in [0.15, 0.2) is 29.0 Å². The van der Waals surface area contributed by atoms with E-state index in [1.807, 2.05) is 18.4 Å². The summed E-state index contributed by atoms with van der Waals surface area (Å²) >= 11 is 1.71. The fourth-order valence-electron chi connectivity index (χ4n) is 1.31. The van der Waals surface area contributed by atoms with Gasteiger partial charge < -0.3 is 10.2 Å². The van der Waals surface area contributed by atoms with E-state index in [4.69, 9.17) is 10.2 Å². The van der Waals surface area contributed by atoms with E-state index in [0.717, 1.165) is 22.8 Å². The first kappa shape index (κ1) is 10.0. The molecule has 15 heavy (non-hydrogen) atoms. The van der Waals surface area contributed by atoms with Gasteiger partial charge in [0.2, 0.25) is 5.95 Å². The number of rotatable bonds is 3. The molecule has 0 saturated heterocycles. The summed E-state index contributed by atoms with van der Waals surface area (Å²) in [4.78, 5) is 8.17. The van der Waals surface area contributed by atoms with Crippen LogP contribution in [0.3, 0.4) is 0 Å². The number of thioether (sulfide) groups is 1. The fourth-order valence-corrected chi connectivity index (χ4v) is 1.83. The number of nitrogens with two attached hydrogens (primary N) is 1. The summed E-state index contributed by atoms with van der Waals surface area (Å²) in [5.41, 5.74) is 7.37. The minimum Gasteiger partial charge on any atom is -0.463 e. The van der Waals surface area contributed by atoms with Crippen LogP contribution in [0.4, 0.5) is 5.95 Å². The molecule has 0 aromatic carbocycles. The molecule has 2 heterocycles.